The molecule has 5 heteroatoms. The van der Waals surface area contributed by atoms with E-state index in [2.05, 4.69) is 11.4 Å². The molecule has 0 spiro atoms. The minimum absolute atomic E-state index is 0.282. The van der Waals surface area contributed by atoms with Crippen molar-refractivity contribution >= 4 is 11.9 Å². The van der Waals surface area contributed by atoms with E-state index in [1.54, 1.807) is 13.8 Å². The summed E-state index contributed by atoms with van der Waals surface area (Å²) in [5, 5.41) is 3.14. The lowest BCUT2D eigenvalue weighted by atomic mass is 9.81. The number of allylic oxidation sites excluding steroid dienone is 2. The van der Waals surface area contributed by atoms with Crippen molar-refractivity contribution in [3.63, 3.8) is 0 Å². The molecule has 0 saturated heterocycles. The summed E-state index contributed by atoms with van der Waals surface area (Å²) in [5.74, 6) is -1.20. The summed E-state index contributed by atoms with van der Waals surface area (Å²) in [6.07, 6.45) is 0.528. The van der Waals surface area contributed by atoms with Crippen LogP contribution in [0.3, 0.4) is 0 Å². The normalized spacial score (nSPS) is 15.0. The molecule has 1 heterocycles. The van der Waals surface area contributed by atoms with E-state index in [1.165, 1.54) is 0 Å². The minimum Gasteiger partial charge on any atom is -0.463 e. The van der Waals surface area contributed by atoms with E-state index in [4.69, 9.17) is 9.47 Å². The zero-order valence-corrected chi connectivity index (χ0v) is 16.1. The third-order valence-electron chi connectivity index (χ3n) is 4.39. The maximum atomic E-state index is 12.6. The topological polar surface area (TPSA) is 64.6 Å². The van der Waals surface area contributed by atoms with Crippen LogP contribution in [0, 0.1) is 12.8 Å². The van der Waals surface area contributed by atoms with Gasteiger partial charge >= 0.3 is 11.9 Å². The van der Waals surface area contributed by atoms with E-state index >= 15 is 0 Å². The smallest absolute Gasteiger partial charge is 0.336 e. The Morgan fingerprint density at radius 1 is 0.962 bits per heavy atom. The molecule has 0 atom stereocenters. The summed E-state index contributed by atoms with van der Waals surface area (Å²) < 4.78 is 10.5. The molecule has 1 aromatic carbocycles. The number of nitrogens with one attached hydrogen (secondary N) is 1. The Kier molecular flexibility index (Phi) is 6.61. The lowest BCUT2D eigenvalue weighted by molar-refractivity contribution is -0.140. The zero-order chi connectivity index (χ0) is 19.3. The number of carbonyl (C=O) groups excluding carboxylic acids is 2. The number of hydrogen-bond acceptors (Lipinski definition) is 5. The predicted molar refractivity (Wildman–Crippen MR) is 100 cm³/mol. The first-order valence-electron chi connectivity index (χ1n) is 8.97. The molecule has 0 amide bonds. The van der Waals surface area contributed by atoms with Crippen molar-refractivity contribution in [3.8, 4) is 0 Å². The molecule has 2 rings (SSSR count). The van der Waals surface area contributed by atoms with Crippen molar-refractivity contribution in [1.82, 2.24) is 5.32 Å². The standard InChI is InChI=1S/C21H27NO4/c1-6-25-20(23)18-14(4)22-15(5)19(21(24)26-7-2)17(18)12-16-10-8-9-13(3)11-16/h8-11,17,22H,6-7,12H2,1-5H3. The molecule has 0 fully saturated rings. The highest BCUT2D eigenvalue weighted by Gasteiger charge is 2.36. The van der Waals surface area contributed by atoms with Gasteiger partial charge in [-0.2, -0.15) is 0 Å². The van der Waals surface area contributed by atoms with Gasteiger partial charge in [-0.3, -0.25) is 0 Å². The van der Waals surface area contributed by atoms with Gasteiger partial charge in [0.2, 0.25) is 0 Å². The predicted octanol–water partition coefficient (Wildman–Crippen LogP) is 3.43. The highest BCUT2D eigenvalue weighted by atomic mass is 16.5. The Morgan fingerprint density at radius 3 is 1.96 bits per heavy atom. The number of aryl methyl sites for hydroxylation is 1. The number of ether oxygens (including phenoxy) is 2. The molecule has 5 nitrogen and oxygen atoms in total. The van der Waals surface area contributed by atoms with E-state index < -0.39 is 17.9 Å². The number of carbonyl (C=O) groups is 2. The Bertz CT molecular complexity index is 721. The molecule has 26 heavy (non-hydrogen) atoms. The molecule has 1 aromatic rings. The third-order valence-corrected chi connectivity index (χ3v) is 4.39. The molecule has 0 aromatic heterocycles. The second kappa shape index (κ2) is 8.70. The van der Waals surface area contributed by atoms with Crippen LogP contribution in [0.5, 0.6) is 0 Å². The van der Waals surface area contributed by atoms with Crippen molar-refractivity contribution in [2.24, 2.45) is 5.92 Å². The average molecular weight is 357 g/mol. The lowest BCUT2D eigenvalue weighted by Gasteiger charge is -2.30. The van der Waals surface area contributed by atoms with Crippen LogP contribution in [0.2, 0.25) is 0 Å². The lowest BCUT2D eigenvalue weighted by Crippen LogP contribution is -2.34. The molecule has 1 aliphatic rings. The molecule has 0 saturated carbocycles. The second-order valence-corrected chi connectivity index (χ2v) is 6.39. The number of dihydropyridines is 1. The van der Waals surface area contributed by atoms with E-state index in [-0.39, 0.29) is 13.2 Å². The largest absolute Gasteiger partial charge is 0.463 e. The fourth-order valence-corrected chi connectivity index (χ4v) is 3.37. The first kappa shape index (κ1) is 19.8. The van der Waals surface area contributed by atoms with E-state index in [1.807, 2.05) is 39.0 Å². The fourth-order valence-electron chi connectivity index (χ4n) is 3.37. The quantitative estimate of drug-likeness (QED) is 0.790. The average Bonchev–Trinajstić information content (AvgIpc) is 2.55. The van der Waals surface area contributed by atoms with Crippen LogP contribution in [0.25, 0.3) is 0 Å². The van der Waals surface area contributed by atoms with Crippen molar-refractivity contribution in [2.45, 2.75) is 41.0 Å². The highest BCUT2D eigenvalue weighted by Crippen LogP contribution is 2.34. The first-order valence-corrected chi connectivity index (χ1v) is 8.97. The van der Waals surface area contributed by atoms with Gasteiger partial charge in [0, 0.05) is 17.3 Å². The van der Waals surface area contributed by atoms with Crippen molar-refractivity contribution < 1.29 is 19.1 Å². The Labute approximate surface area is 155 Å². The molecule has 140 valence electrons. The maximum Gasteiger partial charge on any atom is 0.336 e. The van der Waals surface area contributed by atoms with Gasteiger partial charge in [0.15, 0.2) is 0 Å². The van der Waals surface area contributed by atoms with Crippen LogP contribution in [0.1, 0.15) is 38.8 Å². The van der Waals surface area contributed by atoms with Crippen LogP contribution >= 0.6 is 0 Å². The highest BCUT2D eigenvalue weighted by molar-refractivity contribution is 5.97. The van der Waals surface area contributed by atoms with Crippen molar-refractivity contribution in [2.75, 3.05) is 13.2 Å². The number of benzene rings is 1. The van der Waals surface area contributed by atoms with Gasteiger partial charge in [0.05, 0.1) is 24.4 Å². The molecule has 0 bridgehead atoms. The van der Waals surface area contributed by atoms with Crippen LogP contribution in [-0.2, 0) is 25.5 Å². The molecule has 0 aliphatic carbocycles. The van der Waals surface area contributed by atoms with Crippen LogP contribution in [0.15, 0.2) is 46.8 Å². The van der Waals surface area contributed by atoms with E-state index in [0.717, 1.165) is 11.1 Å². The molecule has 0 unspecified atom stereocenters. The van der Waals surface area contributed by atoms with Crippen LogP contribution < -0.4 is 5.32 Å². The van der Waals surface area contributed by atoms with E-state index in [9.17, 15) is 9.59 Å². The molecule has 1 aliphatic heterocycles. The SMILES string of the molecule is CCOC(=O)C1=C(C)NC(C)=C(C(=O)OCC)C1Cc1cccc(C)c1. The summed E-state index contributed by atoms with van der Waals surface area (Å²) in [5.41, 5.74) is 4.59. The van der Waals surface area contributed by atoms with Crippen molar-refractivity contribution in [3.05, 3.63) is 57.9 Å². The third kappa shape index (κ3) is 4.34. The summed E-state index contributed by atoms with van der Waals surface area (Å²) in [6, 6.07) is 8.07. The fraction of sp³-hybridized carbons (Fsp3) is 0.429. The van der Waals surface area contributed by atoms with Gasteiger partial charge in [0.1, 0.15) is 0 Å². The minimum atomic E-state index is -0.406. The number of esters is 2. The summed E-state index contributed by atoms with van der Waals surface area (Å²) in [4.78, 5) is 25.2. The Balaban J connectivity index is 2.50. The van der Waals surface area contributed by atoms with E-state index in [0.29, 0.717) is 29.0 Å². The van der Waals surface area contributed by atoms with Gasteiger partial charge in [-0.15, -0.1) is 0 Å². The Hall–Kier alpha value is -2.56. The Morgan fingerprint density at radius 2 is 1.50 bits per heavy atom. The summed E-state index contributed by atoms with van der Waals surface area (Å²) in [6.45, 7) is 9.79. The van der Waals surface area contributed by atoms with Gasteiger partial charge in [0.25, 0.3) is 0 Å². The maximum absolute atomic E-state index is 12.6. The summed E-state index contributed by atoms with van der Waals surface area (Å²) >= 11 is 0. The van der Waals surface area contributed by atoms with Gasteiger partial charge in [-0.25, -0.2) is 9.59 Å². The first-order chi connectivity index (χ1) is 12.4. The molecular formula is C21H27NO4. The second-order valence-electron chi connectivity index (χ2n) is 6.39. The number of rotatable bonds is 6. The van der Waals surface area contributed by atoms with Gasteiger partial charge in [-0.1, -0.05) is 29.8 Å². The molecular weight excluding hydrogens is 330 g/mol. The molecule has 1 N–H and O–H groups in total. The van der Waals surface area contributed by atoms with Crippen LogP contribution in [-0.4, -0.2) is 25.2 Å². The van der Waals surface area contributed by atoms with Crippen molar-refractivity contribution in [1.29, 1.82) is 0 Å². The van der Waals surface area contributed by atoms with Crippen LogP contribution in [0.4, 0.5) is 0 Å². The zero-order valence-electron chi connectivity index (χ0n) is 16.1. The van der Waals surface area contributed by atoms with Gasteiger partial charge < -0.3 is 14.8 Å². The van der Waals surface area contributed by atoms with Gasteiger partial charge in [-0.05, 0) is 46.6 Å². The number of hydrogen-bond donors (Lipinski definition) is 1. The monoisotopic (exact) mass is 357 g/mol. The summed E-state index contributed by atoms with van der Waals surface area (Å²) in [7, 11) is 0. The molecule has 0 radical (unpaired) electrons.